The third kappa shape index (κ3) is 6.25. The number of nitrogens with two attached hydrogens (primary N) is 1. The van der Waals surface area contributed by atoms with Crippen LogP contribution in [0.25, 0.3) is 5.95 Å². The molecule has 2 aromatic heterocycles. The summed E-state index contributed by atoms with van der Waals surface area (Å²) in [6, 6.07) is 10.2. The molecule has 12 nitrogen and oxygen atoms in total. The van der Waals surface area contributed by atoms with Gasteiger partial charge in [-0.15, -0.1) is 16.2 Å². The van der Waals surface area contributed by atoms with Crippen molar-refractivity contribution in [1.82, 2.24) is 24.7 Å². The second kappa shape index (κ2) is 11.7. The Labute approximate surface area is 221 Å². The van der Waals surface area contributed by atoms with Crippen LogP contribution in [0.1, 0.15) is 35.5 Å². The Balaban J connectivity index is 1.84. The minimum absolute atomic E-state index is 0.0519. The molecule has 0 saturated heterocycles. The number of nitrogens with zero attached hydrogens (tertiary/aromatic N) is 4. The molecule has 198 valence electrons. The van der Waals surface area contributed by atoms with Crippen LogP contribution in [-0.2, 0) is 4.79 Å². The summed E-state index contributed by atoms with van der Waals surface area (Å²) >= 11 is 0. The number of alkyl halides is 1. The van der Waals surface area contributed by atoms with Crippen molar-refractivity contribution in [2.75, 3.05) is 18.6 Å². The van der Waals surface area contributed by atoms with Gasteiger partial charge in [0.25, 0.3) is 5.95 Å². The van der Waals surface area contributed by atoms with E-state index in [0.29, 0.717) is 22.6 Å². The number of nitrogens with one attached hydrogen (secondary N) is 3. The smallest absolute Gasteiger partial charge is 0.350 e. The minimum Gasteiger partial charge on any atom is -0.491 e. The third-order valence-electron chi connectivity index (χ3n) is 5.26. The van der Waals surface area contributed by atoms with Gasteiger partial charge in [0.05, 0.1) is 5.56 Å². The first-order chi connectivity index (χ1) is 18.8. The van der Waals surface area contributed by atoms with Gasteiger partial charge in [0.2, 0.25) is 0 Å². The number of carbonyl (C=O) groups is 1. The molecule has 0 unspecified atom stereocenters. The predicted octanol–water partition coefficient (Wildman–Crippen LogP) is 2.09. The molecule has 0 spiro atoms. The number of aromatic amines is 1. The Bertz CT molecular complexity index is 1610. The lowest BCUT2D eigenvalue weighted by Gasteiger charge is -2.20. The number of hydrogen-bond donors (Lipinski definition) is 4. The Kier molecular flexibility index (Phi) is 7.96. The van der Waals surface area contributed by atoms with Crippen molar-refractivity contribution >= 4 is 17.5 Å². The summed E-state index contributed by atoms with van der Waals surface area (Å²) in [6.45, 7) is 0.342. The van der Waals surface area contributed by atoms with Gasteiger partial charge in [0, 0.05) is 36.6 Å². The van der Waals surface area contributed by atoms with Crippen LogP contribution in [-0.4, -0.2) is 49.8 Å². The fourth-order valence-corrected chi connectivity index (χ4v) is 3.67. The molecule has 0 saturated carbocycles. The first kappa shape index (κ1) is 26.6. The third-order valence-corrected chi connectivity index (χ3v) is 5.26. The van der Waals surface area contributed by atoms with Crippen molar-refractivity contribution in [2.24, 2.45) is 5.73 Å². The lowest BCUT2D eigenvalue weighted by Crippen LogP contribution is -2.18. The van der Waals surface area contributed by atoms with Gasteiger partial charge < -0.3 is 20.5 Å². The molecule has 5 N–H and O–H groups in total. The number of halogens is 1. The van der Waals surface area contributed by atoms with E-state index in [4.69, 9.17) is 27.0 Å². The normalized spacial score (nSPS) is 11.3. The average molecular weight is 531 g/mol. The van der Waals surface area contributed by atoms with E-state index in [2.05, 4.69) is 31.3 Å². The fourth-order valence-electron chi connectivity index (χ4n) is 3.67. The van der Waals surface area contributed by atoms with Crippen LogP contribution in [0.3, 0.4) is 0 Å². The highest BCUT2D eigenvalue weighted by atomic mass is 19.1. The fraction of sp³-hybridized carbons (Fsp3) is 0.154. The number of ether oxygens (including phenoxy) is 2. The summed E-state index contributed by atoms with van der Waals surface area (Å²) in [6.07, 6.45) is 8.59. The average Bonchev–Trinajstić information content (AvgIpc) is 3.31. The minimum atomic E-state index is -0.850. The van der Waals surface area contributed by atoms with Gasteiger partial charge in [-0.2, -0.15) is 0 Å². The molecular formula is C26H23FN8O4. The Morgan fingerprint density at radius 1 is 1.28 bits per heavy atom. The maximum Gasteiger partial charge on any atom is 0.350 e. The number of carbonyl (C=O) groups excluding carboxylic acids is 1. The van der Waals surface area contributed by atoms with Crippen molar-refractivity contribution in [1.29, 1.82) is 5.41 Å². The molecule has 2 aromatic carbocycles. The van der Waals surface area contributed by atoms with Gasteiger partial charge in [-0.3, -0.25) is 15.2 Å². The Morgan fingerprint density at radius 3 is 2.72 bits per heavy atom. The molecule has 2 heterocycles. The molecule has 39 heavy (non-hydrogen) atoms. The highest BCUT2D eigenvalue weighted by molar-refractivity contribution is 5.98. The number of esters is 1. The highest BCUT2D eigenvalue weighted by Crippen LogP contribution is 2.31. The summed E-state index contributed by atoms with van der Waals surface area (Å²) in [4.78, 5) is 35.3. The molecular weight excluding hydrogens is 507 g/mol. The summed E-state index contributed by atoms with van der Waals surface area (Å²) in [5, 5.41) is 15.4. The molecule has 0 aliphatic carbocycles. The quantitative estimate of drug-likeness (QED) is 0.0787. The van der Waals surface area contributed by atoms with Gasteiger partial charge in [-0.05, 0) is 42.0 Å². The highest BCUT2D eigenvalue weighted by Gasteiger charge is 2.23. The molecule has 4 aromatic rings. The number of aromatic nitrogens is 5. The number of anilines is 1. The molecule has 0 aliphatic heterocycles. The van der Waals surface area contributed by atoms with Crippen LogP contribution in [0.2, 0.25) is 0 Å². The monoisotopic (exact) mass is 530 g/mol. The van der Waals surface area contributed by atoms with Crippen LogP contribution < -0.4 is 26.2 Å². The van der Waals surface area contributed by atoms with Crippen LogP contribution >= 0.6 is 0 Å². The summed E-state index contributed by atoms with van der Waals surface area (Å²) in [5.41, 5.74) is 6.62. The van der Waals surface area contributed by atoms with E-state index >= 15 is 0 Å². The summed E-state index contributed by atoms with van der Waals surface area (Å²) in [5.74, 6) is 2.21. The molecule has 0 radical (unpaired) electrons. The summed E-state index contributed by atoms with van der Waals surface area (Å²) in [7, 11) is 0. The number of terminal acetylenes is 1. The van der Waals surface area contributed by atoms with E-state index in [1.165, 1.54) is 31.5 Å². The van der Waals surface area contributed by atoms with E-state index in [9.17, 15) is 14.0 Å². The first-order valence-electron chi connectivity index (χ1n) is 11.5. The molecule has 4 rings (SSSR count). The Hall–Kier alpha value is -5.51. The first-order valence-corrected chi connectivity index (χ1v) is 11.5. The van der Waals surface area contributed by atoms with Gasteiger partial charge >= 0.3 is 11.7 Å². The zero-order valence-corrected chi connectivity index (χ0v) is 20.6. The van der Waals surface area contributed by atoms with Crippen molar-refractivity contribution in [2.45, 2.75) is 13.0 Å². The van der Waals surface area contributed by atoms with E-state index < -0.39 is 24.4 Å². The van der Waals surface area contributed by atoms with Crippen LogP contribution in [0, 0.1) is 17.8 Å². The molecule has 0 fully saturated rings. The van der Waals surface area contributed by atoms with Crippen LogP contribution in [0.15, 0.2) is 59.7 Å². The number of nitrogen functional groups attached to an aromatic ring is 1. The second-order valence-electron chi connectivity index (χ2n) is 8.04. The van der Waals surface area contributed by atoms with E-state index in [1.807, 2.05) is 0 Å². The van der Waals surface area contributed by atoms with Crippen molar-refractivity contribution in [3.05, 3.63) is 87.9 Å². The lowest BCUT2D eigenvalue weighted by atomic mass is 10.0. The topological polar surface area (TPSA) is 174 Å². The maximum atomic E-state index is 12.8. The van der Waals surface area contributed by atoms with Crippen LogP contribution in [0.4, 0.5) is 10.1 Å². The van der Waals surface area contributed by atoms with E-state index in [1.54, 1.807) is 30.3 Å². The van der Waals surface area contributed by atoms with E-state index in [-0.39, 0.29) is 35.5 Å². The molecule has 0 bridgehead atoms. The number of H-pyrrole nitrogens is 1. The lowest BCUT2D eigenvalue weighted by molar-refractivity contribution is -0.131. The predicted molar refractivity (Wildman–Crippen MR) is 140 cm³/mol. The number of hydrogen-bond acceptors (Lipinski definition) is 9. The number of amidine groups is 1. The molecule has 13 heteroatoms. The van der Waals surface area contributed by atoms with Gasteiger partial charge in [-0.25, -0.2) is 19.2 Å². The van der Waals surface area contributed by atoms with E-state index in [0.717, 1.165) is 4.68 Å². The zero-order chi connectivity index (χ0) is 27.9. The van der Waals surface area contributed by atoms with Crippen molar-refractivity contribution < 1.29 is 18.7 Å². The number of rotatable bonds is 10. The SMILES string of the molecule is C#Cc1cc(OCCF)cc([C@H](Nc2ccc(C(=N)N)c(OC(C)=O)c2)c2nn(-c3ncccn3)c(=O)[nH]2)c1. The Morgan fingerprint density at radius 2 is 2.05 bits per heavy atom. The number of benzene rings is 2. The molecule has 0 amide bonds. The van der Waals surface area contributed by atoms with Gasteiger partial charge in [0.15, 0.2) is 5.82 Å². The van der Waals surface area contributed by atoms with Gasteiger partial charge in [0.1, 0.15) is 36.7 Å². The zero-order valence-electron chi connectivity index (χ0n) is 20.6. The van der Waals surface area contributed by atoms with Crippen molar-refractivity contribution in [3.8, 4) is 29.8 Å². The largest absolute Gasteiger partial charge is 0.491 e. The summed E-state index contributed by atoms with van der Waals surface area (Å²) < 4.78 is 24.5. The van der Waals surface area contributed by atoms with Crippen molar-refractivity contribution in [3.63, 3.8) is 0 Å². The van der Waals surface area contributed by atoms with Crippen LogP contribution in [0.5, 0.6) is 11.5 Å². The standard InChI is InChI=1S/C26H23FN8O4/c1-3-16-11-17(13-19(12-16)38-10-7-27)22(24-33-26(37)35(34-24)25-30-8-4-9-31-25)32-18-5-6-20(23(28)29)21(14-18)39-15(2)36/h1,4-6,8-9,11-14,22,32H,7,10H2,2H3,(H3,28,29)(H,33,34,37)/t22-/m0/s1. The molecule has 0 aliphatic rings. The molecule has 1 atom stereocenters. The van der Waals surface area contributed by atoms with Gasteiger partial charge in [-0.1, -0.05) is 5.92 Å². The second-order valence-corrected chi connectivity index (χ2v) is 8.04. The maximum absolute atomic E-state index is 12.8.